The van der Waals surface area contributed by atoms with Crippen LogP contribution >= 0.6 is 0 Å². The maximum atomic E-state index is 12.3. The summed E-state index contributed by atoms with van der Waals surface area (Å²) in [6.45, 7) is 1.84. The van der Waals surface area contributed by atoms with Gasteiger partial charge in [0.05, 0.1) is 5.56 Å². The molecule has 0 atom stereocenters. The van der Waals surface area contributed by atoms with Gasteiger partial charge in [-0.05, 0) is 31.9 Å². The number of benzene rings is 1. The Kier molecular flexibility index (Phi) is 3.83. The molecule has 1 fully saturated rings. The predicted molar refractivity (Wildman–Crippen MR) is 74.9 cm³/mol. The molecule has 6 heteroatoms. The molecular formula is C14H19N3O3. The summed E-state index contributed by atoms with van der Waals surface area (Å²) in [5, 5.41) is 24.6. The van der Waals surface area contributed by atoms with E-state index in [2.05, 4.69) is 10.5 Å². The number of rotatable bonds is 3. The first-order valence-corrected chi connectivity index (χ1v) is 6.59. The highest BCUT2D eigenvalue weighted by Crippen LogP contribution is 2.31. The number of nitrogens with two attached hydrogens (primary N) is 1. The minimum absolute atomic E-state index is 0.00972. The van der Waals surface area contributed by atoms with Crippen molar-refractivity contribution in [3.05, 3.63) is 29.3 Å². The Morgan fingerprint density at radius 3 is 2.65 bits per heavy atom. The first kappa shape index (κ1) is 14.2. The number of carbonyl (C=O) groups is 1. The molecule has 0 heterocycles. The molecule has 0 bridgehead atoms. The van der Waals surface area contributed by atoms with Crippen LogP contribution in [0.15, 0.2) is 23.4 Å². The lowest BCUT2D eigenvalue weighted by molar-refractivity contribution is 0.0920. The monoisotopic (exact) mass is 277 g/mol. The summed E-state index contributed by atoms with van der Waals surface area (Å²) >= 11 is 0. The van der Waals surface area contributed by atoms with E-state index < -0.39 is 11.4 Å². The minimum atomic E-state index is -0.817. The fraction of sp³-hybridized carbons (Fsp3) is 0.429. The molecule has 0 unspecified atom stereocenters. The van der Waals surface area contributed by atoms with Crippen molar-refractivity contribution < 1.29 is 15.1 Å². The van der Waals surface area contributed by atoms with Crippen LogP contribution in [0.4, 0.5) is 0 Å². The van der Waals surface area contributed by atoms with E-state index in [0.717, 1.165) is 18.4 Å². The third-order valence-corrected chi connectivity index (χ3v) is 3.80. The van der Waals surface area contributed by atoms with Crippen LogP contribution in [0.3, 0.4) is 0 Å². The van der Waals surface area contributed by atoms with E-state index in [1.807, 2.05) is 6.92 Å². The van der Waals surface area contributed by atoms with Crippen molar-refractivity contribution in [2.75, 3.05) is 0 Å². The fourth-order valence-electron chi connectivity index (χ4n) is 2.64. The zero-order chi connectivity index (χ0) is 14.8. The molecule has 6 nitrogen and oxygen atoms in total. The molecule has 1 amide bonds. The van der Waals surface area contributed by atoms with Crippen molar-refractivity contribution >= 4 is 11.7 Å². The lowest BCUT2D eigenvalue weighted by Crippen LogP contribution is -2.55. The van der Waals surface area contributed by atoms with Gasteiger partial charge in [-0.15, -0.1) is 0 Å². The fourth-order valence-corrected chi connectivity index (χ4v) is 2.64. The average Bonchev–Trinajstić information content (AvgIpc) is 2.90. The van der Waals surface area contributed by atoms with Crippen LogP contribution in [0, 0.1) is 6.92 Å². The number of aryl methyl sites for hydroxylation is 1. The smallest absolute Gasteiger partial charge is 0.255 e. The molecular weight excluding hydrogens is 258 g/mol. The van der Waals surface area contributed by atoms with Crippen molar-refractivity contribution in [3.63, 3.8) is 0 Å². The number of aromatic hydroxyl groups is 1. The molecule has 0 aromatic heterocycles. The molecule has 20 heavy (non-hydrogen) atoms. The van der Waals surface area contributed by atoms with Gasteiger partial charge in [-0.3, -0.25) is 4.79 Å². The molecule has 0 saturated heterocycles. The highest BCUT2D eigenvalue weighted by Gasteiger charge is 2.40. The maximum absolute atomic E-state index is 12.3. The molecule has 108 valence electrons. The van der Waals surface area contributed by atoms with Crippen LogP contribution in [0.5, 0.6) is 5.75 Å². The standard InChI is InChI=1S/C14H19N3O3/c1-9-4-5-11(18)10(8-9)12(19)16-14(13(15)17-20)6-2-3-7-14/h4-5,8,18,20H,2-3,6-7H2,1H3,(H2,15,17)(H,16,19). The third kappa shape index (κ3) is 2.54. The van der Waals surface area contributed by atoms with Crippen LogP contribution in [0.2, 0.25) is 0 Å². The van der Waals surface area contributed by atoms with Gasteiger partial charge in [0.15, 0.2) is 5.84 Å². The zero-order valence-electron chi connectivity index (χ0n) is 11.4. The normalized spacial score (nSPS) is 17.9. The number of carbonyl (C=O) groups excluding carboxylic acids is 1. The van der Waals surface area contributed by atoms with Gasteiger partial charge >= 0.3 is 0 Å². The summed E-state index contributed by atoms with van der Waals surface area (Å²) < 4.78 is 0. The number of nitrogens with zero attached hydrogens (tertiary/aromatic N) is 1. The number of hydrogen-bond acceptors (Lipinski definition) is 4. The van der Waals surface area contributed by atoms with Gasteiger partial charge in [0, 0.05) is 0 Å². The van der Waals surface area contributed by atoms with Crippen LogP contribution in [-0.2, 0) is 0 Å². The van der Waals surface area contributed by atoms with Crippen LogP contribution in [0.25, 0.3) is 0 Å². The SMILES string of the molecule is Cc1ccc(O)c(C(=O)NC2(/C(N)=N/O)CCCC2)c1. The predicted octanol–water partition coefficient (Wildman–Crippen LogP) is 1.49. The highest BCUT2D eigenvalue weighted by molar-refractivity contribution is 6.02. The Hall–Kier alpha value is -2.24. The van der Waals surface area contributed by atoms with E-state index in [4.69, 9.17) is 10.9 Å². The molecule has 0 radical (unpaired) electrons. The number of hydrogen-bond donors (Lipinski definition) is 4. The molecule has 0 spiro atoms. The van der Waals surface area contributed by atoms with E-state index in [-0.39, 0.29) is 17.1 Å². The third-order valence-electron chi connectivity index (χ3n) is 3.80. The average molecular weight is 277 g/mol. The molecule has 1 aliphatic carbocycles. The van der Waals surface area contributed by atoms with Gasteiger partial charge in [-0.2, -0.15) is 0 Å². The molecule has 1 aliphatic rings. The summed E-state index contributed by atoms with van der Waals surface area (Å²) in [7, 11) is 0. The summed E-state index contributed by atoms with van der Waals surface area (Å²) in [5.74, 6) is -0.490. The van der Waals surface area contributed by atoms with E-state index in [0.29, 0.717) is 12.8 Å². The summed E-state index contributed by atoms with van der Waals surface area (Å²) in [6.07, 6.45) is 3.05. The molecule has 2 rings (SSSR count). The lowest BCUT2D eigenvalue weighted by Gasteiger charge is -2.28. The molecule has 5 N–H and O–H groups in total. The van der Waals surface area contributed by atoms with Gasteiger partial charge in [-0.1, -0.05) is 29.6 Å². The minimum Gasteiger partial charge on any atom is -0.507 e. The number of phenols is 1. The molecule has 1 aromatic carbocycles. The van der Waals surface area contributed by atoms with Gasteiger partial charge in [0.25, 0.3) is 5.91 Å². The van der Waals surface area contributed by atoms with Gasteiger partial charge in [0.1, 0.15) is 11.3 Å². The Balaban J connectivity index is 2.27. The van der Waals surface area contributed by atoms with E-state index in [1.165, 1.54) is 6.07 Å². The van der Waals surface area contributed by atoms with Crippen LogP contribution < -0.4 is 11.1 Å². The molecule has 1 aromatic rings. The van der Waals surface area contributed by atoms with Crippen molar-refractivity contribution in [2.45, 2.75) is 38.1 Å². The second-order valence-electron chi connectivity index (χ2n) is 5.25. The van der Waals surface area contributed by atoms with Gasteiger partial charge in [-0.25, -0.2) is 0 Å². The largest absolute Gasteiger partial charge is 0.507 e. The van der Waals surface area contributed by atoms with Crippen LogP contribution in [0.1, 0.15) is 41.6 Å². The Morgan fingerprint density at radius 2 is 2.05 bits per heavy atom. The number of nitrogens with one attached hydrogen (secondary N) is 1. The highest BCUT2D eigenvalue weighted by atomic mass is 16.4. The first-order valence-electron chi connectivity index (χ1n) is 6.59. The second kappa shape index (κ2) is 5.40. The number of amides is 1. The topological polar surface area (TPSA) is 108 Å². The van der Waals surface area contributed by atoms with Crippen molar-refractivity contribution in [1.82, 2.24) is 5.32 Å². The van der Waals surface area contributed by atoms with E-state index in [9.17, 15) is 9.90 Å². The van der Waals surface area contributed by atoms with Gasteiger partial charge in [0.2, 0.25) is 0 Å². The van der Waals surface area contributed by atoms with Crippen molar-refractivity contribution in [1.29, 1.82) is 0 Å². The zero-order valence-corrected chi connectivity index (χ0v) is 11.4. The summed E-state index contributed by atoms with van der Waals surface area (Å²) in [5.41, 5.74) is 5.98. The van der Waals surface area contributed by atoms with Crippen LogP contribution in [-0.4, -0.2) is 27.6 Å². The van der Waals surface area contributed by atoms with E-state index in [1.54, 1.807) is 12.1 Å². The van der Waals surface area contributed by atoms with Crippen molar-refractivity contribution in [3.8, 4) is 5.75 Å². The van der Waals surface area contributed by atoms with E-state index >= 15 is 0 Å². The molecule has 1 saturated carbocycles. The Morgan fingerprint density at radius 1 is 1.40 bits per heavy atom. The quantitative estimate of drug-likeness (QED) is 0.290. The number of phenolic OH excluding ortho intramolecular Hbond substituents is 1. The maximum Gasteiger partial charge on any atom is 0.255 e. The number of amidine groups is 1. The second-order valence-corrected chi connectivity index (χ2v) is 5.25. The first-order chi connectivity index (χ1) is 9.48. The van der Waals surface area contributed by atoms with Crippen molar-refractivity contribution in [2.24, 2.45) is 10.9 Å². The molecule has 0 aliphatic heterocycles. The summed E-state index contributed by atoms with van der Waals surface area (Å²) in [4.78, 5) is 12.3. The Labute approximate surface area is 117 Å². The van der Waals surface area contributed by atoms with Gasteiger partial charge < -0.3 is 21.4 Å². The Bertz CT molecular complexity index is 549. The lowest BCUT2D eigenvalue weighted by atomic mass is 9.95. The summed E-state index contributed by atoms with van der Waals surface area (Å²) in [6, 6.07) is 4.82. The number of oxime groups is 1.